The molecule has 0 aliphatic carbocycles. The highest BCUT2D eigenvalue weighted by Gasteiger charge is 2.14. The summed E-state index contributed by atoms with van der Waals surface area (Å²) >= 11 is 7.44. The van der Waals surface area contributed by atoms with Crippen molar-refractivity contribution in [1.82, 2.24) is 5.32 Å². The maximum absolute atomic E-state index is 11.4. The Morgan fingerprint density at radius 1 is 1.47 bits per heavy atom. The summed E-state index contributed by atoms with van der Waals surface area (Å²) in [6.45, 7) is 1.38. The Hall–Kier alpha value is -1.30. The van der Waals surface area contributed by atoms with Crippen molar-refractivity contribution in [2.45, 2.75) is 13.0 Å². The number of furan rings is 1. The summed E-state index contributed by atoms with van der Waals surface area (Å²) in [6, 6.07) is 5.68. The number of esters is 1. The minimum atomic E-state index is -0.452. The van der Waals surface area contributed by atoms with Crippen LogP contribution in [0, 0.1) is 0 Å². The van der Waals surface area contributed by atoms with Crippen molar-refractivity contribution in [2.75, 3.05) is 13.7 Å². The molecule has 19 heavy (non-hydrogen) atoms. The largest absolute Gasteiger partial charge is 0.463 e. The maximum Gasteiger partial charge on any atom is 0.374 e. The highest BCUT2D eigenvalue weighted by atomic mass is 35.5. The summed E-state index contributed by atoms with van der Waals surface area (Å²) in [6.07, 6.45) is 2.39. The van der Waals surface area contributed by atoms with Crippen LogP contribution in [0.25, 0.3) is 0 Å². The number of rotatable bonds is 6. The van der Waals surface area contributed by atoms with Crippen molar-refractivity contribution in [3.8, 4) is 0 Å². The molecule has 0 amide bonds. The zero-order chi connectivity index (χ0) is 13.7. The van der Waals surface area contributed by atoms with Crippen LogP contribution in [0.15, 0.2) is 28.9 Å². The Morgan fingerprint density at radius 2 is 2.32 bits per heavy atom. The van der Waals surface area contributed by atoms with Crippen molar-refractivity contribution in [3.63, 3.8) is 0 Å². The second-order valence-electron chi connectivity index (χ2n) is 3.90. The summed E-state index contributed by atoms with van der Waals surface area (Å²) in [4.78, 5) is 12.6. The van der Waals surface area contributed by atoms with Crippen LogP contribution in [-0.2, 0) is 17.7 Å². The van der Waals surface area contributed by atoms with E-state index in [1.165, 1.54) is 18.3 Å². The van der Waals surface area contributed by atoms with Crippen molar-refractivity contribution in [3.05, 3.63) is 45.0 Å². The zero-order valence-corrected chi connectivity index (χ0v) is 12.0. The quantitative estimate of drug-likeness (QED) is 0.658. The molecule has 0 aliphatic rings. The zero-order valence-electron chi connectivity index (χ0n) is 10.4. The first-order valence-corrected chi connectivity index (χ1v) is 6.99. The number of ether oxygens (including phenoxy) is 1. The van der Waals surface area contributed by atoms with Crippen LogP contribution in [0.3, 0.4) is 0 Å². The number of halogens is 1. The number of hydrogen-bond acceptors (Lipinski definition) is 5. The van der Waals surface area contributed by atoms with Crippen LogP contribution in [0.1, 0.15) is 21.0 Å². The van der Waals surface area contributed by atoms with E-state index in [2.05, 4.69) is 10.1 Å². The molecule has 1 N–H and O–H groups in total. The molecular formula is C13H14ClNO3S. The van der Waals surface area contributed by atoms with Crippen LogP contribution >= 0.6 is 22.9 Å². The molecule has 0 saturated carbocycles. The van der Waals surface area contributed by atoms with E-state index in [0.29, 0.717) is 6.54 Å². The van der Waals surface area contributed by atoms with Gasteiger partial charge in [-0.3, -0.25) is 0 Å². The lowest BCUT2D eigenvalue weighted by molar-refractivity contribution is 0.0563. The average molecular weight is 300 g/mol. The first kappa shape index (κ1) is 14.1. The van der Waals surface area contributed by atoms with Gasteiger partial charge >= 0.3 is 5.97 Å². The molecule has 2 rings (SSSR count). The molecule has 0 unspecified atom stereocenters. The van der Waals surface area contributed by atoms with Gasteiger partial charge in [-0.15, -0.1) is 11.3 Å². The normalized spacial score (nSPS) is 10.6. The third-order valence-corrected chi connectivity index (χ3v) is 3.90. The van der Waals surface area contributed by atoms with Crippen LogP contribution in [0.2, 0.25) is 4.34 Å². The summed E-state index contributed by atoms with van der Waals surface area (Å²) < 4.78 is 10.5. The smallest absolute Gasteiger partial charge is 0.374 e. The van der Waals surface area contributed by atoms with Gasteiger partial charge in [0.15, 0.2) is 0 Å². The third-order valence-electron chi connectivity index (χ3n) is 2.61. The molecular weight excluding hydrogens is 286 g/mol. The second kappa shape index (κ2) is 6.75. The molecule has 2 aromatic rings. The van der Waals surface area contributed by atoms with Crippen molar-refractivity contribution < 1.29 is 13.9 Å². The topological polar surface area (TPSA) is 51.5 Å². The molecule has 4 nitrogen and oxygen atoms in total. The van der Waals surface area contributed by atoms with E-state index in [0.717, 1.165) is 22.9 Å². The van der Waals surface area contributed by atoms with Gasteiger partial charge in [-0.25, -0.2) is 4.79 Å². The summed E-state index contributed by atoms with van der Waals surface area (Å²) in [5, 5.41) is 3.26. The molecule has 6 heteroatoms. The van der Waals surface area contributed by atoms with Gasteiger partial charge in [0.2, 0.25) is 5.76 Å². The van der Waals surface area contributed by atoms with E-state index in [1.807, 2.05) is 12.1 Å². The van der Waals surface area contributed by atoms with E-state index < -0.39 is 5.97 Å². The minimum absolute atomic E-state index is 0.258. The molecule has 2 aromatic heterocycles. The molecule has 2 heterocycles. The van der Waals surface area contributed by atoms with Gasteiger partial charge in [-0.05, 0) is 24.6 Å². The number of thiophene rings is 1. The predicted octanol–water partition coefficient (Wildman–Crippen LogP) is 3.11. The van der Waals surface area contributed by atoms with Gasteiger partial charge in [0.05, 0.1) is 17.7 Å². The van der Waals surface area contributed by atoms with Gasteiger partial charge in [-0.1, -0.05) is 11.6 Å². The summed E-state index contributed by atoms with van der Waals surface area (Å²) in [7, 11) is 1.34. The van der Waals surface area contributed by atoms with E-state index >= 15 is 0 Å². The first-order valence-electron chi connectivity index (χ1n) is 5.80. The lowest BCUT2D eigenvalue weighted by Gasteiger charge is -2.03. The number of carbonyl (C=O) groups excluding carboxylic acids is 1. The van der Waals surface area contributed by atoms with Crippen LogP contribution in [0.4, 0.5) is 0 Å². The average Bonchev–Trinajstić information content (AvgIpc) is 3.03. The molecule has 0 bridgehead atoms. The van der Waals surface area contributed by atoms with Crippen molar-refractivity contribution >= 4 is 28.9 Å². The van der Waals surface area contributed by atoms with E-state index in [9.17, 15) is 4.79 Å². The van der Waals surface area contributed by atoms with Crippen LogP contribution in [-0.4, -0.2) is 19.6 Å². The second-order valence-corrected chi connectivity index (χ2v) is 5.70. The molecule has 0 atom stereocenters. The van der Waals surface area contributed by atoms with Gasteiger partial charge in [0.25, 0.3) is 0 Å². The molecule has 0 spiro atoms. The lowest BCUT2D eigenvalue weighted by atomic mass is 10.2. The summed E-state index contributed by atoms with van der Waals surface area (Å²) in [5.74, 6) is -0.194. The van der Waals surface area contributed by atoms with Gasteiger partial charge in [0, 0.05) is 23.5 Å². The molecule has 102 valence electrons. The Bertz CT molecular complexity index is 550. The maximum atomic E-state index is 11.4. The minimum Gasteiger partial charge on any atom is -0.463 e. The van der Waals surface area contributed by atoms with E-state index in [-0.39, 0.29) is 5.76 Å². The summed E-state index contributed by atoms with van der Waals surface area (Å²) in [5.41, 5.74) is 0.802. The Kier molecular flexibility index (Phi) is 5.01. The number of hydrogen-bond donors (Lipinski definition) is 1. The standard InChI is InChI=1S/C13H14ClNO3S/c1-17-13(16)12-9(5-7-18-12)8-15-6-4-10-2-3-11(14)19-10/h2-3,5,7,15H,4,6,8H2,1H3. The van der Waals surface area contributed by atoms with Crippen LogP contribution in [0.5, 0.6) is 0 Å². The van der Waals surface area contributed by atoms with E-state index in [4.69, 9.17) is 16.0 Å². The first-order chi connectivity index (χ1) is 9.20. The van der Waals surface area contributed by atoms with E-state index in [1.54, 1.807) is 17.4 Å². The van der Waals surface area contributed by atoms with Crippen molar-refractivity contribution in [2.24, 2.45) is 0 Å². The molecule has 0 fully saturated rings. The number of methoxy groups -OCH3 is 1. The SMILES string of the molecule is COC(=O)c1occc1CNCCc1ccc(Cl)s1. The monoisotopic (exact) mass is 299 g/mol. The Balaban J connectivity index is 1.80. The predicted molar refractivity (Wildman–Crippen MR) is 74.8 cm³/mol. The molecule has 0 aromatic carbocycles. The Labute approximate surface area is 120 Å². The number of carbonyl (C=O) groups is 1. The molecule has 0 radical (unpaired) electrons. The van der Waals surface area contributed by atoms with Gasteiger partial charge in [0.1, 0.15) is 0 Å². The fraction of sp³-hybridized carbons (Fsp3) is 0.308. The highest BCUT2D eigenvalue weighted by molar-refractivity contribution is 7.16. The van der Waals surface area contributed by atoms with Crippen LogP contribution < -0.4 is 5.32 Å². The lowest BCUT2D eigenvalue weighted by Crippen LogP contribution is -2.17. The third kappa shape index (κ3) is 3.83. The molecule has 0 saturated heterocycles. The number of nitrogens with one attached hydrogen (secondary N) is 1. The Morgan fingerprint density at radius 3 is 3.00 bits per heavy atom. The van der Waals surface area contributed by atoms with Gasteiger partial charge < -0.3 is 14.5 Å². The highest BCUT2D eigenvalue weighted by Crippen LogP contribution is 2.21. The fourth-order valence-electron chi connectivity index (χ4n) is 1.67. The molecule has 0 aliphatic heterocycles. The van der Waals surface area contributed by atoms with Crippen molar-refractivity contribution in [1.29, 1.82) is 0 Å². The van der Waals surface area contributed by atoms with Gasteiger partial charge in [-0.2, -0.15) is 0 Å². The fourth-order valence-corrected chi connectivity index (χ4v) is 2.75.